The van der Waals surface area contributed by atoms with E-state index in [0.29, 0.717) is 30.2 Å². The number of alkyl halides is 2. The maximum absolute atomic E-state index is 14.0. The molecule has 1 aromatic carbocycles. The molecule has 0 aliphatic heterocycles. The predicted molar refractivity (Wildman–Crippen MR) is 141 cm³/mol. The minimum Gasteiger partial charge on any atom is -0.473 e. The van der Waals surface area contributed by atoms with Gasteiger partial charge in [-0.1, -0.05) is 17.7 Å². The van der Waals surface area contributed by atoms with Gasteiger partial charge >= 0.3 is 0 Å². The van der Waals surface area contributed by atoms with Crippen LogP contribution in [0.1, 0.15) is 48.9 Å². The number of anilines is 1. The number of sulfonamides is 1. The van der Waals surface area contributed by atoms with Gasteiger partial charge in [0.2, 0.25) is 5.88 Å². The predicted octanol–water partition coefficient (Wildman–Crippen LogP) is 5.39. The maximum atomic E-state index is 14.0. The number of aromatic nitrogens is 3. The molecule has 0 spiro atoms. The van der Waals surface area contributed by atoms with E-state index in [2.05, 4.69) is 19.7 Å². The van der Waals surface area contributed by atoms with E-state index in [9.17, 15) is 17.2 Å². The van der Waals surface area contributed by atoms with Crippen molar-refractivity contribution in [3.05, 3.63) is 70.8 Å². The Balaban J connectivity index is 1.50. The summed E-state index contributed by atoms with van der Waals surface area (Å²) in [7, 11) is -0.0281. The molecule has 38 heavy (non-hydrogen) atoms. The molecule has 3 atom stereocenters. The smallest absolute Gasteiger partial charge is 0.270 e. The Hall–Kier alpha value is -2.89. The van der Waals surface area contributed by atoms with Crippen molar-refractivity contribution in [1.29, 1.82) is 0 Å². The Bertz CT molecular complexity index is 1390. The summed E-state index contributed by atoms with van der Waals surface area (Å²) in [5.41, 5.74) is 0.944. The lowest BCUT2D eigenvalue weighted by molar-refractivity contribution is 0.0172. The summed E-state index contributed by atoms with van der Waals surface area (Å²) in [5.74, 6) is -2.50. The van der Waals surface area contributed by atoms with E-state index in [1.54, 1.807) is 13.0 Å². The molecular weight excluding hydrogens is 536 g/mol. The molecule has 0 bridgehead atoms. The summed E-state index contributed by atoms with van der Waals surface area (Å²) in [4.78, 5) is 14.1. The van der Waals surface area contributed by atoms with Crippen molar-refractivity contribution in [2.75, 3.05) is 18.8 Å². The van der Waals surface area contributed by atoms with Crippen LogP contribution in [0.15, 0.2) is 53.8 Å². The molecule has 8 nitrogen and oxygen atoms in total. The summed E-state index contributed by atoms with van der Waals surface area (Å²) < 4.78 is 62.2. The first kappa shape index (κ1) is 28.1. The molecule has 0 saturated heterocycles. The fourth-order valence-corrected chi connectivity index (χ4v) is 6.25. The zero-order valence-electron chi connectivity index (χ0n) is 21.5. The lowest BCUT2D eigenvalue weighted by atomic mass is 9.78. The number of halogens is 3. The minimum absolute atomic E-state index is 0.00728. The van der Waals surface area contributed by atoms with Gasteiger partial charge in [-0.3, -0.25) is 4.72 Å². The molecule has 1 aliphatic carbocycles. The standard InChI is InChI=1S/C26H30ClF2N5O3S/c1-16-23(38(35,36)33-24-11-12-30-15-31-24)9-10-25(32-16)37-22-8-5-17(13-21(22)34(3)4)19-14-18(26(2,28)29)6-7-20(19)27/h6-7,9-12,14-15,17,21-22H,5,8,13H2,1-4H3,(H,30,31,33)/t17-,21-,22-/m0/s1. The molecule has 1 saturated carbocycles. The number of ether oxygens (including phenoxy) is 1. The van der Waals surface area contributed by atoms with Crippen LogP contribution in [0.3, 0.4) is 0 Å². The van der Waals surface area contributed by atoms with Crippen molar-refractivity contribution >= 4 is 27.4 Å². The van der Waals surface area contributed by atoms with Gasteiger partial charge in [-0.2, -0.15) is 0 Å². The molecule has 1 N–H and O–H groups in total. The van der Waals surface area contributed by atoms with Crippen molar-refractivity contribution in [1.82, 2.24) is 19.9 Å². The van der Waals surface area contributed by atoms with Crippen molar-refractivity contribution in [2.45, 2.75) is 62.0 Å². The number of nitrogens with one attached hydrogen (secondary N) is 1. The molecule has 3 aromatic rings. The van der Waals surface area contributed by atoms with Gasteiger partial charge in [0.05, 0.1) is 5.69 Å². The quantitative estimate of drug-likeness (QED) is 0.391. The number of pyridine rings is 1. The Morgan fingerprint density at radius 2 is 1.92 bits per heavy atom. The van der Waals surface area contributed by atoms with Gasteiger partial charge in [0.15, 0.2) is 0 Å². The highest BCUT2D eigenvalue weighted by Crippen LogP contribution is 2.41. The Morgan fingerprint density at radius 1 is 1.16 bits per heavy atom. The zero-order chi connectivity index (χ0) is 27.7. The van der Waals surface area contributed by atoms with E-state index in [-0.39, 0.29) is 40.0 Å². The minimum atomic E-state index is -3.91. The van der Waals surface area contributed by atoms with Crippen molar-refractivity contribution in [3.8, 4) is 5.88 Å². The summed E-state index contributed by atoms with van der Waals surface area (Å²) in [6.07, 6.45) is 4.45. The molecule has 204 valence electrons. The molecule has 0 unspecified atom stereocenters. The highest BCUT2D eigenvalue weighted by atomic mass is 35.5. The summed E-state index contributed by atoms with van der Waals surface area (Å²) >= 11 is 6.43. The second-order valence-electron chi connectivity index (χ2n) is 9.76. The normalized spacial score (nSPS) is 20.4. The van der Waals surface area contributed by atoms with Crippen LogP contribution in [-0.4, -0.2) is 54.5 Å². The van der Waals surface area contributed by atoms with E-state index in [4.69, 9.17) is 16.3 Å². The van der Waals surface area contributed by atoms with E-state index in [1.165, 1.54) is 42.9 Å². The molecule has 12 heteroatoms. The highest BCUT2D eigenvalue weighted by molar-refractivity contribution is 7.92. The van der Waals surface area contributed by atoms with E-state index < -0.39 is 15.9 Å². The molecule has 2 aromatic heterocycles. The van der Waals surface area contributed by atoms with Gasteiger partial charge in [0, 0.05) is 35.8 Å². The third-order valence-electron chi connectivity index (χ3n) is 6.76. The number of nitrogens with zero attached hydrogens (tertiary/aromatic N) is 4. The SMILES string of the molecule is Cc1nc(O[C@H]2CC[C@H](c3cc(C(C)(F)F)ccc3Cl)C[C@@H]2N(C)C)ccc1S(=O)(=O)Nc1ccncn1. The number of benzene rings is 1. The van der Waals surface area contributed by atoms with Crippen LogP contribution < -0.4 is 9.46 Å². The molecule has 1 fully saturated rings. The largest absolute Gasteiger partial charge is 0.473 e. The zero-order valence-corrected chi connectivity index (χ0v) is 23.1. The highest BCUT2D eigenvalue weighted by Gasteiger charge is 2.36. The van der Waals surface area contributed by atoms with Crippen LogP contribution in [-0.2, 0) is 15.9 Å². The number of aryl methyl sites for hydroxylation is 1. The van der Waals surface area contributed by atoms with Crippen LogP contribution in [0.4, 0.5) is 14.6 Å². The second kappa shape index (κ2) is 11.1. The topological polar surface area (TPSA) is 97.3 Å². The summed E-state index contributed by atoms with van der Waals surface area (Å²) in [6, 6.07) is 8.81. The first-order chi connectivity index (χ1) is 17.8. The first-order valence-corrected chi connectivity index (χ1v) is 14.0. The summed E-state index contributed by atoms with van der Waals surface area (Å²) in [6.45, 7) is 2.48. The summed E-state index contributed by atoms with van der Waals surface area (Å²) in [5, 5.41) is 0.476. The third-order valence-corrected chi connectivity index (χ3v) is 8.59. The van der Waals surface area contributed by atoms with Gasteiger partial charge in [0.1, 0.15) is 23.1 Å². The average molecular weight is 566 g/mol. The van der Waals surface area contributed by atoms with Gasteiger partial charge in [-0.05, 0) is 76.0 Å². The fraction of sp³-hybridized carbons (Fsp3) is 0.423. The molecular formula is C26H30ClF2N5O3S. The van der Waals surface area contributed by atoms with E-state index in [0.717, 1.165) is 12.5 Å². The number of hydrogen-bond acceptors (Lipinski definition) is 7. The van der Waals surface area contributed by atoms with Crippen molar-refractivity contribution in [2.24, 2.45) is 0 Å². The third kappa shape index (κ3) is 6.39. The van der Waals surface area contributed by atoms with Gasteiger partial charge in [-0.25, -0.2) is 32.2 Å². The molecule has 1 aliphatic rings. The molecule has 0 amide bonds. The van der Waals surface area contributed by atoms with Gasteiger partial charge in [0.25, 0.3) is 15.9 Å². The van der Waals surface area contributed by atoms with Crippen LogP contribution in [0, 0.1) is 6.92 Å². The van der Waals surface area contributed by atoms with Crippen LogP contribution in [0.2, 0.25) is 5.02 Å². The molecule has 4 rings (SSSR count). The van der Waals surface area contributed by atoms with Crippen LogP contribution >= 0.6 is 11.6 Å². The maximum Gasteiger partial charge on any atom is 0.270 e. The number of likely N-dealkylation sites (N-methyl/N-ethyl adjacent to an activating group) is 1. The molecule has 2 heterocycles. The second-order valence-corrected chi connectivity index (χ2v) is 11.8. The van der Waals surface area contributed by atoms with Crippen molar-refractivity contribution < 1.29 is 21.9 Å². The Morgan fingerprint density at radius 3 is 2.55 bits per heavy atom. The van der Waals surface area contributed by atoms with Gasteiger partial charge in [-0.15, -0.1) is 0 Å². The van der Waals surface area contributed by atoms with E-state index >= 15 is 0 Å². The Kier molecular flexibility index (Phi) is 8.20. The Labute approximate surface area is 226 Å². The number of hydrogen-bond donors (Lipinski definition) is 1. The molecule has 0 radical (unpaired) electrons. The lowest BCUT2D eigenvalue weighted by Gasteiger charge is -2.40. The first-order valence-electron chi connectivity index (χ1n) is 12.1. The fourth-order valence-electron chi connectivity index (χ4n) is 4.79. The number of rotatable bonds is 8. The van der Waals surface area contributed by atoms with E-state index in [1.807, 2.05) is 19.0 Å². The van der Waals surface area contributed by atoms with Crippen LogP contribution in [0.5, 0.6) is 5.88 Å². The van der Waals surface area contributed by atoms with Gasteiger partial charge < -0.3 is 9.64 Å². The van der Waals surface area contributed by atoms with Crippen molar-refractivity contribution in [3.63, 3.8) is 0 Å². The average Bonchev–Trinajstić information content (AvgIpc) is 2.84. The van der Waals surface area contributed by atoms with Crippen LogP contribution in [0.25, 0.3) is 0 Å². The monoisotopic (exact) mass is 565 g/mol. The lowest BCUT2D eigenvalue weighted by Crippen LogP contribution is -2.46.